The quantitative estimate of drug-likeness (QED) is 0.383. The van der Waals surface area contributed by atoms with Crippen molar-refractivity contribution >= 4 is 34.6 Å². The minimum absolute atomic E-state index is 0.0114. The highest BCUT2D eigenvalue weighted by Gasteiger charge is 2.52. The Morgan fingerprint density at radius 2 is 1.74 bits per heavy atom. The highest BCUT2D eigenvalue weighted by molar-refractivity contribution is 5.92. The minimum Gasteiger partial charge on any atom is -0.482 e. The van der Waals surface area contributed by atoms with Crippen molar-refractivity contribution < 1.29 is 28.7 Å². The largest absolute Gasteiger partial charge is 0.482 e. The molecule has 2 heterocycles. The Morgan fingerprint density at radius 1 is 1.02 bits per heavy atom. The van der Waals surface area contributed by atoms with E-state index >= 15 is 0 Å². The first-order valence-corrected chi connectivity index (χ1v) is 14.3. The van der Waals surface area contributed by atoms with Crippen LogP contribution in [-0.4, -0.2) is 95.7 Å². The van der Waals surface area contributed by atoms with Gasteiger partial charge in [-0.05, 0) is 47.9 Å². The number of piperazine rings is 1. The molecule has 2 aliphatic heterocycles. The summed E-state index contributed by atoms with van der Waals surface area (Å²) >= 11 is 0. The van der Waals surface area contributed by atoms with Gasteiger partial charge in [-0.25, -0.2) is 9.59 Å². The Bertz CT molecular complexity index is 1500. The van der Waals surface area contributed by atoms with E-state index in [-0.39, 0.29) is 50.0 Å². The van der Waals surface area contributed by atoms with Gasteiger partial charge in [0.05, 0.1) is 20.2 Å². The second kappa shape index (κ2) is 12.7. The van der Waals surface area contributed by atoms with Crippen LogP contribution in [-0.2, 0) is 32.1 Å². The van der Waals surface area contributed by atoms with Crippen LogP contribution in [0, 0.1) is 0 Å². The van der Waals surface area contributed by atoms with E-state index in [1.807, 2.05) is 68.4 Å². The van der Waals surface area contributed by atoms with E-state index in [2.05, 4.69) is 10.1 Å². The number of hydrogen-bond donors (Lipinski definition) is 1. The van der Waals surface area contributed by atoms with E-state index in [0.717, 1.165) is 21.9 Å². The van der Waals surface area contributed by atoms with Crippen molar-refractivity contribution in [2.75, 3.05) is 33.9 Å². The van der Waals surface area contributed by atoms with Gasteiger partial charge in [0.2, 0.25) is 11.8 Å². The van der Waals surface area contributed by atoms with Gasteiger partial charge < -0.3 is 24.6 Å². The fourth-order valence-corrected chi connectivity index (χ4v) is 5.91. The third kappa shape index (κ3) is 6.12. The maximum absolute atomic E-state index is 14.2. The first-order valence-electron chi connectivity index (χ1n) is 14.3. The number of benzene rings is 3. The summed E-state index contributed by atoms with van der Waals surface area (Å²) in [6.45, 7) is 4.19. The average Bonchev–Trinajstić information content (AvgIpc) is 3.33. The molecule has 2 atom stereocenters. The van der Waals surface area contributed by atoms with Crippen molar-refractivity contribution in [3.05, 3.63) is 77.9 Å². The molecule has 4 amide bonds. The molecule has 1 N–H and O–H groups in total. The van der Waals surface area contributed by atoms with E-state index in [1.165, 1.54) is 7.11 Å². The summed E-state index contributed by atoms with van der Waals surface area (Å²) in [4.78, 5) is 55.6. The van der Waals surface area contributed by atoms with Crippen molar-refractivity contribution in [2.45, 2.75) is 45.1 Å². The molecule has 3 aromatic carbocycles. The zero-order chi connectivity index (χ0) is 30.7. The molecule has 11 heteroatoms. The fraction of sp³-hybridized carbons (Fsp3) is 0.375. The molecule has 0 unspecified atom stereocenters. The molecule has 2 aliphatic rings. The molecule has 0 bridgehead atoms. The predicted molar refractivity (Wildman–Crippen MR) is 160 cm³/mol. The smallest absolute Gasteiger partial charge is 0.343 e. The second-order valence-electron chi connectivity index (χ2n) is 11.0. The molecule has 0 spiro atoms. The molecule has 11 nitrogen and oxygen atoms in total. The van der Waals surface area contributed by atoms with Crippen molar-refractivity contribution in [1.29, 1.82) is 0 Å². The lowest BCUT2D eigenvalue weighted by Gasteiger charge is -2.47. The lowest BCUT2D eigenvalue weighted by molar-refractivity contribution is -0.158. The van der Waals surface area contributed by atoms with Gasteiger partial charge in [-0.15, -0.1) is 0 Å². The van der Waals surface area contributed by atoms with Crippen molar-refractivity contribution in [1.82, 2.24) is 25.1 Å². The van der Waals surface area contributed by atoms with Crippen LogP contribution >= 0.6 is 0 Å². The average molecular weight is 588 g/mol. The van der Waals surface area contributed by atoms with Crippen LogP contribution < -0.4 is 10.1 Å². The first-order chi connectivity index (χ1) is 20.7. The maximum Gasteiger partial charge on any atom is 0.343 e. The SMILES string of the molecule is CNC(=O)N(C(C)C)N1CC(=O)N2[C@@H](Cc3ccc(OCC(=O)OC)cc3)C(=O)N(Cc3cccc4ccccc34)C[C@@H]21. The van der Waals surface area contributed by atoms with E-state index in [1.54, 1.807) is 39.0 Å². The topological polar surface area (TPSA) is 112 Å². The number of methoxy groups -OCH3 is 1. The molecule has 0 aliphatic carbocycles. The number of hydrazine groups is 1. The van der Waals surface area contributed by atoms with Gasteiger partial charge in [-0.2, -0.15) is 5.01 Å². The van der Waals surface area contributed by atoms with Crippen molar-refractivity contribution in [3.8, 4) is 5.75 Å². The standard InChI is InChI=1S/C32H37N5O6/c1-21(2)37(32(41)33-3)35-19-29(38)36-27(16-22-12-14-25(15-13-22)43-20-30(39)42-4)31(40)34(18-28(35)36)17-24-10-7-9-23-8-5-6-11-26(23)24/h5-15,21,27-28H,16-20H2,1-4H3,(H,33,41)/t27-,28+/m0/s1. The van der Waals surface area contributed by atoms with Crippen LogP contribution in [0.15, 0.2) is 66.7 Å². The van der Waals surface area contributed by atoms with Crippen molar-refractivity contribution in [2.24, 2.45) is 0 Å². The summed E-state index contributed by atoms with van der Waals surface area (Å²) in [5.74, 6) is -0.359. The number of esters is 1. The number of ether oxygens (including phenoxy) is 2. The normalized spacial score (nSPS) is 18.6. The summed E-state index contributed by atoms with van der Waals surface area (Å²) < 4.78 is 10.1. The van der Waals surface area contributed by atoms with E-state index in [4.69, 9.17) is 4.74 Å². The molecular formula is C32H37N5O6. The van der Waals surface area contributed by atoms with Crippen LogP contribution in [0.25, 0.3) is 10.8 Å². The van der Waals surface area contributed by atoms with Gasteiger partial charge in [0.15, 0.2) is 6.61 Å². The molecular weight excluding hydrogens is 550 g/mol. The lowest BCUT2D eigenvalue weighted by Crippen LogP contribution is -2.66. The molecule has 0 radical (unpaired) electrons. The number of carbonyl (C=O) groups is 4. The highest BCUT2D eigenvalue weighted by atomic mass is 16.6. The molecule has 3 aromatic rings. The number of urea groups is 1. The molecule has 2 saturated heterocycles. The summed E-state index contributed by atoms with van der Waals surface area (Å²) in [5.41, 5.74) is 1.83. The fourth-order valence-electron chi connectivity index (χ4n) is 5.91. The summed E-state index contributed by atoms with van der Waals surface area (Å²) in [5, 5.41) is 8.18. The Morgan fingerprint density at radius 3 is 2.44 bits per heavy atom. The van der Waals surface area contributed by atoms with Crippen LogP contribution in [0.4, 0.5) is 4.79 Å². The van der Waals surface area contributed by atoms with Crippen LogP contribution in [0.5, 0.6) is 5.75 Å². The van der Waals surface area contributed by atoms with Gasteiger partial charge >= 0.3 is 12.0 Å². The maximum atomic E-state index is 14.2. The van der Waals surface area contributed by atoms with Gasteiger partial charge in [0, 0.05) is 26.1 Å². The zero-order valence-corrected chi connectivity index (χ0v) is 24.9. The first kappa shape index (κ1) is 29.8. The zero-order valence-electron chi connectivity index (χ0n) is 24.9. The van der Waals surface area contributed by atoms with Crippen LogP contribution in [0.2, 0.25) is 0 Å². The second-order valence-corrected chi connectivity index (χ2v) is 11.0. The molecule has 0 aromatic heterocycles. The number of carbonyl (C=O) groups excluding carboxylic acids is 4. The third-order valence-electron chi connectivity index (χ3n) is 7.93. The highest BCUT2D eigenvalue weighted by Crippen LogP contribution is 2.32. The van der Waals surface area contributed by atoms with Gasteiger partial charge in [-0.3, -0.25) is 14.6 Å². The minimum atomic E-state index is -0.772. The molecule has 2 fully saturated rings. The van der Waals surface area contributed by atoms with Gasteiger partial charge in [0.1, 0.15) is 18.0 Å². The number of hydrogen-bond acceptors (Lipinski definition) is 7. The predicted octanol–water partition coefficient (Wildman–Crippen LogP) is 2.78. The Hall–Kier alpha value is -4.64. The molecule has 43 heavy (non-hydrogen) atoms. The molecule has 226 valence electrons. The summed E-state index contributed by atoms with van der Waals surface area (Å²) in [6, 6.07) is 19.9. The number of amides is 4. The Labute approximate surface area is 250 Å². The summed E-state index contributed by atoms with van der Waals surface area (Å²) in [6.07, 6.45) is -0.243. The number of fused-ring (bicyclic) bond motifs is 2. The Kier molecular flexibility index (Phi) is 8.81. The number of nitrogens with zero attached hydrogens (tertiary/aromatic N) is 4. The molecule has 5 rings (SSSR count). The van der Waals surface area contributed by atoms with Crippen molar-refractivity contribution in [3.63, 3.8) is 0 Å². The van der Waals surface area contributed by atoms with Gasteiger partial charge in [0.25, 0.3) is 0 Å². The van der Waals surface area contributed by atoms with Gasteiger partial charge in [-0.1, -0.05) is 54.6 Å². The van der Waals surface area contributed by atoms with E-state index < -0.39 is 18.2 Å². The van der Waals surface area contributed by atoms with E-state index in [0.29, 0.717) is 12.3 Å². The Balaban J connectivity index is 1.47. The van der Waals surface area contributed by atoms with Crippen LogP contribution in [0.3, 0.4) is 0 Å². The number of rotatable bonds is 9. The summed E-state index contributed by atoms with van der Waals surface area (Å²) in [7, 11) is 2.86. The van der Waals surface area contributed by atoms with Crippen LogP contribution in [0.1, 0.15) is 25.0 Å². The van der Waals surface area contributed by atoms with E-state index in [9.17, 15) is 19.2 Å². The third-order valence-corrected chi connectivity index (χ3v) is 7.93. The monoisotopic (exact) mass is 587 g/mol. The number of nitrogens with one attached hydrogen (secondary N) is 1. The lowest BCUT2D eigenvalue weighted by atomic mass is 9.99. The molecule has 0 saturated carbocycles.